The molecule has 26 heavy (non-hydrogen) atoms. The molecule has 0 saturated carbocycles. The van der Waals surface area contributed by atoms with Crippen LogP contribution in [0.25, 0.3) is 11.2 Å². The summed E-state index contributed by atoms with van der Waals surface area (Å²) < 4.78 is 13.7. The number of nitrogens with one attached hydrogen (secondary N) is 1. The third kappa shape index (κ3) is 3.51. The van der Waals surface area contributed by atoms with E-state index in [0.29, 0.717) is 16.2 Å². The molecule has 2 heterocycles. The van der Waals surface area contributed by atoms with Gasteiger partial charge in [-0.3, -0.25) is 14.3 Å². The van der Waals surface area contributed by atoms with Crippen LogP contribution in [0.1, 0.15) is 0 Å². The predicted octanol–water partition coefficient (Wildman–Crippen LogP) is 0.634. The van der Waals surface area contributed by atoms with Crippen LogP contribution in [-0.4, -0.2) is 44.0 Å². The number of aromatic amines is 1. The third-order valence-electron chi connectivity index (χ3n) is 3.86. The number of benzene rings is 1. The lowest BCUT2D eigenvalue weighted by atomic mass is 10.3. The molecule has 2 aromatic heterocycles. The van der Waals surface area contributed by atoms with E-state index in [2.05, 4.69) is 25.9 Å². The molecule has 0 aliphatic rings. The highest BCUT2D eigenvalue weighted by molar-refractivity contribution is 9.10. The molecule has 1 aromatic carbocycles. The van der Waals surface area contributed by atoms with Gasteiger partial charge in [0, 0.05) is 7.05 Å². The SMILES string of the molecule is COc1ccc(OC[C@H](O)Cn2c(Br)nc3c2c(=O)[nH]c(=O)n3C)cc1. The lowest BCUT2D eigenvalue weighted by Gasteiger charge is -2.14. The molecule has 0 fully saturated rings. The van der Waals surface area contributed by atoms with E-state index in [0.717, 1.165) is 0 Å². The summed E-state index contributed by atoms with van der Waals surface area (Å²) in [6, 6.07) is 6.96. The molecule has 9 nitrogen and oxygen atoms in total. The Morgan fingerprint density at radius 3 is 2.58 bits per heavy atom. The van der Waals surface area contributed by atoms with E-state index in [1.807, 2.05) is 0 Å². The van der Waals surface area contributed by atoms with E-state index >= 15 is 0 Å². The van der Waals surface area contributed by atoms with Crippen LogP contribution >= 0.6 is 15.9 Å². The Morgan fingerprint density at radius 1 is 1.27 bits per heavy atom. The Hall–Kier alpha value is -2.59. The first kappa shape index (κ1) is 18.2. The van der Waals surface area contributed by atoms with E-state index in [1.165, 1.54) is 16.2 Å². The maximum atomic E-state index is 12.1. The van der Waals surface area contributed by atoms with E-state index < -0.39 is 17.4 Å². The number of imidazole rings is 1. The molecule has 2 N–H and O–H groups in total. The zero-order valence-electron chi connectivity index (χ0n) is 14.1. The van der Waals surface area contributed by atoms with Gasteiger partial charge < -0.3 is 19.1 Å². The number of aliphatic hydroxyl groups excluding tert-OH is 1. The van der Waals surface area contributed by atoms with Gasteiger partial charge in [0.05, 0.1) is 13.7 Å². The molecule has 0 bridgehead atoms. The van der Waals surface area contributed by atoms with Crippen LogP contribution in [0.4, 0.5) is 0 Å². The fourth-order valence-corrected chi connectivity index (χ4v) is 2.99. The Bertz CT molecular complexity index is 1040. The summed E-state index contributed by atoms with van der Waals surface area (Å²) in [6.07, 6.45) is -0.901. The van der Waals surface area contributed by atoms with Gasteiger partial charge in [-0.2, -0.15) is 0 Å². The molecule has 138 valence electrons. The summed E-state index contributed by atoms with van der Waals surface area (Å²) in [5.41, 5.74) is -0.691. The Labute approximate surface area is 155 Å². The van der Waals surface area contributed by atoms with Crippen molar-refractivity contribution < 1.29 is 14.6 Å². The number of H-pyrrole nitrogens is 1. The van der Waals surface area contributed by atoms with E-state index in [9.17, 15) is 14.7 Å². The van der Waals surface area contributed by atoms with Crippen molar-refractivity contribution in [1.82, 2.24) is 19.1 Å². The molecule has 0 amide bonds. The van der Waals surface area contributed by atoms with Gasteiger partial charge in [-0.15, -0.1) is 0 Å². The molecule has 0 unspecified atom stereocenters. The maximum Gasteiger partial charge on any atom is 0.329 e. The van der Waals surface area contributed by atoms with E-state index in [1.54, 1.807) is 31.4 Å². The normalized spacial score (nSPS) is 12.3. The van der Waals surface area contributed by atoms with Crippen molar-refractivity contribution in [3.8, 4) is 11.5 Å². The number of hydrogen-bond donors (Lipinski definition) is 2. The minimum Gasteiger partial charge on any atom is -0.497 e. The topological polar surface area (TPSA) is 111 Å². The fraction of sp³-hybridized carbons (Fsp3) is 0.312. The minimum atomic E-state index is -0.901. The van der Waals surface area contributed by atoms with E-state index in [-0.39, 0.29) is 24.3 Å². The van der Waals surface area contributed by atoms with Gasteiger partial charge in [0.15, 0.2) is 15.9 Å². The van der Waals surface area contributed by atoms with Gasteiger partial charge in [0.25, 0.3) is 5.56 Å². The molecule has 0 aliphatic carbocycles. The summed E-state index contributed by atoms with van der Waals surface area (Å²) in [5.74, 6) is 1.29. The van der Waals surface area contributed by atoms with Crippen molar-refractivity contribution in [2.45, 2.75) is 12.6 Å². The quantitative estimate of drug-likeness (QED) is 0.561. The Balaban J connectivity index is 1.78. The second-order valence-corrected chi connectivity index (χ2v) is 6.33. The first-order valence-electron chi connectivity index (χ1n) is 7.70. The molecule has 0 aliphatic heterocycles. The number of ether oxygens (including phenoxy) is 2. The van der Waals surface area contributed by atoms with Crippen LogP contribution in [0, 0.1) is 0 Å². The second kappa shape index (κ2) is 7.34. The van der Waals surface area contributed by atoms with Gasteiger partial charge in [-0.25, -0.2) is 9.78 Å². The number of fused-ring (bicyclic) bond motifs is 1. The molecule has 3 aromatic rings. The van der Waals surface area contributed by atoms with Gasteiger partial charge in [0.1, 0.15) is 24.2 Å². The summed E-state index contributed by atoms with van der Waals surface area (Å²) in [6.45, 7) is 0.0800. The van der Waals surface area contributed by atoms with Crippen molar-refractivity contribution in [3.05, 3.63) is 49.8 Å². The molecule has 3 rings (SSSR count). The first-order chi connectivity index (χ1) is 12.4. The van der Waals surface area contributed by atoms with Crippen LogP contribution in [0.3, 0.4) is 0 Å². The summed E-state index contributed by atoms with van der Waals surface area (Å²) in [7, 11) is 3.08. The predicted molar refractivity (Wildman–Crippen MR) is 97.8 cm³/mol. The van der Waals surface area contributed by atoms with Gasteiger partial charge in [-0.05, 0) is 40.2 Å². The van der Waals surface area contributed by atoms with Crippen molar-refractivity contribution in [3.63, 3.8) is 0 Å². The zero-order chi connectivity index (χ0) is 18.8. The number of halogens is 1. The standard InChI is InChI=1S/C16H17BrN4O5/c1-20-13-12(14(23)19-16(20)24)21(15(17)18-13)7-9(22)8-26-11-5-3-10(25-2)4-6-11/h3-6,9,22H,7-8H2,1-2H3,(H,19,23,24)/t9-/m1/s1. The minimum absolute atomic E-state index is 0.0160. The fourth-order valence-electron chi connectivity index (χ4n) is 2.50. The van der Waals surface area contributed by atoms with E-state index in [4.69, 9.17) is 9.47 Å². The van der Waals surface area contributed by atoms with Crippen LogP contribution in [0.5, 0.6) is 11.5 Å². The molecule has 0 radical (unpaired) electrons. The Morgan fingerprint density at radius 2 is 1.92 bits per heavy atom. The summed E-state index contributed by atoms with van der Waals surface area (Å²) >= 11 is 3.26. The summed E-state index contributed by atoms with van der Waals surface area (Å²) in [4.78, 5) is 30.2. The average Bonchev–Trinajstić information content (AvgIpc) is 2.95. The van der Waals surface area contributed by atoms with Gasteiger partial charge in [0.2, 0.25) is 0 Å². The van der Waals surface area contributed by atoms with Gasteiger partial charge >= 0.3 is 5.69 Å². The van der Waals surface area contributed by atoms with Crippen LogP contribution < -0.4 is 20.7 Å². The monoisotopic (exact) mass is 424 g/mol. The largest absolute Gasteiger partial charge is 0.497 e. The van der Waals surface area contributed by atoms with Crippen molar-refractivity contribution in [2.24, 2.45) is 7.05 Å². The highest BCUT2D eigenvalue weighted by atomic mass is 79.9. The lowest BCUT2D eigenvalue weighted by Crippen LogP contribution is -2.30. The van der Waals surface area contributed by atoms with Crippen LogP contribution in [-0.2, 0) is 13.6 Å². The molecular formula is C16H17BrN4O5. The summed E-state index contributed by atoms with van der Waals surface area (Å²) in [5, 5.41) is 10.3. The number of rotatable bonds is 6. The number of aliphatic hydroxyl groups is 1. The maximum absolute atomic E-state index is 12.1. The lowest BCUT2D eigenvalue weighted by molar-refractivity contribution is 0.0928. The molecule has 0 spiro atoms. The molecular weight excluding hydrogens is 408 g/mol. The first-order valence-corrected chi connectivity index (χ1v) is 8.50. The number of nitrogens with zero attached hydrogens (tertiary/aromatic N) is 3. The smallest absolute Gasteiger partial charge is 0.329 e. The number of methoxy groups -OCH3 is 1. The zero-order valence-corrected chi connectivity index (χ0v) is 15.7. The average molecular weight is 425 g/mol. The third-order valence-corrected chi connectivity index (χ3v) is 4.46. The molecule has 10 heteroatoms. The van der Waals surface area contributed by atoms with Crippen LogP contribution in [0.15, 0.2) is 38.6 Å². The Kier molecular flexibility index (Phi) is 5.14. The van der Waals surface area contributed by atoms with Crippen molar-refractivity contribution in [1.29, 1.82) is 0 Å². The number of aryl methyl sites for hydroxylation is 1. The van der Waals surface area contributed by atoms with Crippen LogP contribution in [0.2, 0.25) is 0 Å². The highest BCUT2D eigenvalue weighted by Gasteiger charge is 2.18. The highest BCUT2D eigenvalue weighted by Crippen LogP contribution is 2.19. The van der Waals surface area contributed by atoms with Gasteiger partial charge in [-0.1, -0.05) is 0 Å². The number of hydrogen-bond acceptors (Lipinski definition) is 6. The molecule has 1 atom stereocenters. The second-order valence-electron chi connectivity index (χ2n) is 5.62. The van der Waals surface area contributed by atoms with Crippen molar-refractivity contribution in [2.75, 3.05) is 13.7 Å². The van der Waals surface area contributed by atoms with Crippen molar-refractivity contribution >= 4 is 27.1 Å². The number of aromatic nitrogens is 4. The molecule has 0 saturated heterocycles.